The molecule has 0 saturated heterocycles. The van der Waals surface area contributed by atoms with E-state index in [1.54, 1.807) is 0 Å². The third-order valence-corrected chi connectivity index (χ3v) is 2.58. The van der Waals surface area contributed by atoms with E-state index in [0.717, 1.165) is 12.2 Å². The van der Waals surface area contributed by atoms with Crippen LogP contribution < -0.4 is 10.6 Å². The summed E-state index contributed by atoms with van der Waals surface area (Å²) in [5.74, 6) is 0. The van der Waals surface area contributed by atoms with Gasteiger partial charge in [-0.05, 0) is 52.6 Å². The monoisotopic (exact) mass is 293 g/mol. The molecule has 0 aliphatic carbocycles. The van der Waals surface area contributed by atoms with Gasteiger partial charge in [0.25, 0.3) is 0 Å². The lowest BCUT2D eigenvalue weighted by Crippen LogP contribution is -2.34. The quantitative estimate of drug-likeness (QED) is 0.792. The highest BCUT2D eigenvalue weighted by Gasteiger charge is 2.15. The number of nitrogens with one attached hydrogen (secondary N) is 2. The Balaban J connectivity index is 2.25. The molecule has 118 valence electrons. The van der Waals surface area contributed by atoms with E-state index in [0.29, 0.717) is 13.1 Å². The van der Waals surface area contributed by atoms with Crippen molar-refractivity contribution in [3.05, 3.63) is 29.8 Å². The summed E-state index contributed by atoms with van der Waals surface area (Å²) in [6.45, 7) is 7.65. The van der Waals surface area contributed by atoms with Crippen LogP contribution >= 0.6 is 0 Å². The number of alkyl carbamates (subject to hydrolysis) is 1. The van der Waals surface area contributed by atoms with Crippen molar-refractivity contribution >= 4 is 11.8 Å². The largest absolute Gasteiger partial charge is 0.444 e. The average Bonchev–Trinajstić information content (AvgIpc) is 2.34. The first-order valence-corrected chi connectivity index (χ1v) is 7.21. The second-order valence-corrected chi connectivity index (χ2v) is 6.29. The van der Waals surface area contributed by atoms with Crippen LogP contribution in [0.2, 0.25) is 0 Å². The fourth-order valence-electron chi connectivity index (χ4n) is 1.78. The van der Waals surface area contributed by atoms with E-state index in [-0.39, 0.29) is 6.09 Å². The van der Waals surface area contributed by atoms with Crippen molar-refractivity contribution in [2.45, 2.75) is 32.9 Å². The minimum Gasteiger partial charge on any atom is -0.444 e. The molecule has 21 heavy (non-hydrogen) atoms. The highest BCUT2D eigenvalue weighted by molar-refractivity contribution is 5.67. The number of hydrogen-bond acceptors (Lipinski definition) is 4. The summed E-state index contributed by atoms with van der Waals surface area (Å²) in [5.41, 5.74) is 1.86. The molecule has 0 unspecified atom stereocenters. The van der Waals surface area contributed by atoms with Gasteiger partial charge in [0.15, 0.2) is 0 Å². The Bertz CT molecular complexity index is 436. The Morgan fingerprint density at radius 2 is 1.76 bits per heavy atom. The van der Waals surface area contributed by atoms with Crippen molar-refractivity contribution < 1.29 is 9.53 Å². The third kappa shape index (κ3) is 8.19. The van der Waals surface area contributed by atoms with E-state index in [1.807, 2.05) is 32.9 Å². The molecule has 0 aromatic heterocycles. The lowest BCUT2D eigenvalue weighted by atomic mass is 10.2. The third-order valence-electron chi connectivity index (χ3n) is 2.58. The topological polar surface area (TPSA) is 53.6 Å². The van der Waals surface area contributed by atoms with Gasteiger partial charge in [0.2, 0.25) is 0 Å². The molecule has 0 atom stereocenters. The van der Waals surface area contributed by atoms with Crippen molar-refractivity contribution in [1.82, 2.24) is 10.2 Å². The van der Waals surface area contributed by atoms with Crippen LogP contribution in [0, 0.1) is 0 Å². The number of rotatable bonds is 6. The van der Waals surface area contributed by atoms with Gasteiger partial charge in [0, 0.05) is 25.3 Å². The number of carbonyl (C=O) groups excluding carboxylic acids is 1. The maximum atomic E-state index is 11.5. The number of carbonyl (C=O) groups is 1. The first-order valence-electron chi connectivity index (χ1n) is 7.21. The standard InChI is InChI=1S/C16H27N3O2/c1-16(2,3)21-15(20)18-11-10-17-14-8-6-13(7-9-14)12-19(4)5/h6-9,17H,10-12H2,1-5H3,(H,18,20). The second-order valence-electron chi connectivity index (χ2n) is 6.29. The molecule has 0 heterocycles. The maximum absolute atomic E-state index is 11.5. The summed E-state index contributed by atoms with van der Waals surface area (Å²) in [6.07, 6.45) is -0.384. The van der Waals surface area contributed by atoms with Crippen LogP contribution in [0.25, 0.3) is 0 Å². The molecule has 0 saturated carbocycles. The van der Waals surface area contributed by atoms with E-state index < -0.39 is 5.60 Å². The Morgan fingerprint density at radius 3 is 2.29 bits per heavy atom. The van der Waals surface area contributed by atoms with E-state index in [9.17, 15) is 4.79 Å². The SMILES string of the molecule is CN(C)Cc1ccc(NCCNC(=O)OC(C)(C)C)cc1. The first kappa shape index (κ1) is 17.3. The lowest BCUT2D eigenvalue weighted by Gasteiger charge is -2.19. The van der Waals surface area contributed by atoms with Crippen LogP contribution in [-0.4, -0.2) is 43.8 Å². The van der Waals surface area contributed by atoms with Crippen LogP contribution in [0.3, 0.4) is 0 Å². The average molecular weight is 293 g/mol. The lowest BCUT2D eigenvalue weighted by molar-refractivity contribution is 0.0530. The van der Waals surface area contributed by atoms with E-state index in [4.69, 9.17) is 4.74 Å². The molecule has 0 aliphatic rings. The normalized spacial score (nSPS) is 11.3. The summed E-state index contributed by atoms with van der Waals surface area (Å²) in [4.78, 5) is 13.6. The molecule has 5 heteroatoms. The molecular weight excluding hydrogens is 266 g/mol. The van der Waals surface area contributed by atoms with Crippen molar-refractivity contribution in [3.8, 4) is 0 Å². The van der Waals surface area contributed by atoms with Gasteiger partial charge < -0.3 is 20.3 Å². The van der Waals surface area contributed by atoms with Crippen molar-refractivity contribution in [3.63, 3.8) is 0 Å². The van der Waals surface area contributed by atoms with Gasteiger partial charge in [-0.2, -0.15) is 0 Å². The molecule has 5 nitrogen and oxygen atoms in total. The molecule has 1 rings (SSSR count). The van der Waals surface area contributed by atoms with Crippen molar-refractivity contribution in [2.75, 3.05) is 32.5 Å². The molecule has 0 radical (unpaired) electrons. The number of amides is 1. The predicted octanol–water partition coefficient (Wildman–Crippen LogP) is 2.68. The molecular formula is C16H27N3O2. The van der Waals surface area contributed by atoms with Gasteiger partial charge in [0.05, 0.1) is 0 Å². The van der Waals surface area contributed by atoms with Gasteiger partial charge in [-0.25, -0.2) is 4.79 Å². The second kappa shape index (κ2) is 7.88. The highest BCUT2D eigenvalue weighted by atomic mass is 16.6. The molecule has 0 spiro atoms. The van der Waals surface area contributed by atoms with Gasteiger partial charge in [0.1, 0.15) is 5.60 Å². The summed E-state index contributed by atoms with van der Waals surface area (Å²) < 4.78 is 5.16. The van der Waals surface area contributed by atoms with Crippen LogP contribution in [0.4, 0.5) is 10.5 Å². The van der Waals surface area contributed by atoms with E-state index >= 15 is 0 Å². The Morgan fingerprint density at radius 1 is 1.14 bits per heavy atom. The van der Waals surface area contributed by atoms with Gasteiger partial charge in [-0.1, -0.05) is 12.1 Å². The molecule has 1 aromatic carbocycles. The summed E-state index contributed by atoms with van der Waals surface area (Å²) in [7, 11) is 4.10. The Labute approximate surface area is 127 Å². The number of nitrogens with zero attached hydrogens (tertiary/aromatic N) is 1. The van der Waals surface area contributed by atoms with Gasteiger partial charge in [-0.3, -0.25) is 0 Å². The van der Waals surface area contributed by atoms with Crippen LogP contribution in [0.15, 0.2) is 24.3 Å². The fourth-order valence-corrected chi connectivity index (χ4v) is 1.78. The summed E-state index contributed by atoms with van der Waals surface area (Å²) >= 11 is 0. The van der Waals surface area contributed by atoms with Gasteiger partial charge >= 0.3 is 6.09 Å². The maximum Gasteiger partial charge on any atom is 0.407 e. The number of anilines is 1. The molecule has 0 aliphatic heterocycles. The predicted molar refractivity (Wildman–Crippen MR) is 86.6 cm³/mol. The zero-order chi connectivity index (χ0) is 15.9. The van der Waals surface area contributed by atoms with Crippen LogP contribution in [0.5, 0.6) is 0 Å². The van der Waals surface area contributed by atoms with Crippen molar-refractivity contribution in [1.29, 1.82) is 0 Å². The highest BCUT2D eigenvalue weighted by Crippen LogP contribution is 2.10. The van der Waals surface area contributed by atoms with E-state index in [1.165, 1.54) is 5.56 Å². The zero-order valence-corrected chi connectivity index (χ0v) is 13.7. The summed E-state index contributed by atoms with van der Waals surface area (Å²) in [5, 5.41) is 5.98. The molecule has 2 N–H and O–H groups in total. The fraction of sp³-hybridized carbons (Fsp3) is 0.562. The van der Waals surface area contributed by atoms with E-state index in [2.05, 4.69) is 41.8 Å². The number of ether oxygens (including phenoxy) is 1. The molecule has 0 fully saturated rings. The summed E-state index contributed by atoms with van der Waals surface area (Å²) in [6, 6.07) is 8.30. The molecule has 1 aromatic rings. The Hall–Kier alpha value is -1.75. The minimum atomic E-state index is -0.459. The number of benzene rings is 1. The zero-order valence-electron chi connectivity index (χ0n) is 13.7. The van der Waals surface area contributed by atoms with Crippen molar-refractivity contribution in [2.24, 2.45) is 0 Å². The molecule has 1 amide bonds. The smallest absolute Gasteiger partial charge is 0.407 e. The van der Waals surface area contributed by atoms with Crippen LogP contribution in [0.1, 0.15) is 26.3 Å². The van der Waals surface area contributed by atoms with Crippen LogP contribution in [-0.2, 0) is 11.3 Å². The molecule has 0 bridgehead atoms. The number of hydrogen-bond donors (Lipinski definition) is 2. The van der Waals surface area contributed by atoms with Gasteiger partial charge in [-0.15, -0.1) is 0 Å². The first-order chi connectivity index (χ1) is 9.76. The Kier molecular flexibility index (Phi) is 6.49. The minimum absolute atomic E-state index is 0.384.